The Bertz CT molecular complexity index is 449. The highest BCUT2D eigenvalue weighted by molar-refractivity contribution is 5.85. The van der Waals surface area contributed by atoms with Gasteiger partial charge >= 0.3 is 5.97 Å². The minimum absolute atomic E-state index is 0. The van der Waals surface area contributed by atoms with E-state index in [0.29, 0.717) is 19.1 Å². The van der Waals surface area contributed by atoms with E-state index in [1.54, 1.807) is 13.8 Å². The number of hydrogen-bond acceptors (Lipinski definition) is 4. The van der Waals surface area contributed by atoms with E-state index in [2.05, 4.69) is 19.9 Å². The predicted molar refractivity (Wildman–Crippen MR) is 87.3 cm³/mol. The van der Waals surface area contributed by atoms with E-state index >= 15 is 0 Å². The van der Waals surface area contributed by atoms with Gasteiger partial charge in [-0.2, -0.15) is 0 Å². The molecule has 0 spiro atoms. The summed E-state index contributed by atoms with van der Waals surface area (Å²) in [7, 11) is 0. The zero-order valence-corrected chi connectivity index (χ0v) is 14.0. The highest BCUT2D eigenvalue weighted by Gasteiger charge is 2.18. The summed E-state index contributed by atoms with van der Waals surface area (Å²) in [6.45, 7) is 8.63. The van der Waals surface area contributed by atoms with Crippen LogP contribution in [0, 0.1) is 0 Å². The molecule has 0 amide bonds. The summed E-state index contributed by atoms with van der Waals surface area (Å²) >= 11 is 0. The van der Waals surface area contributed by atoms with Crippen LogP contribution in [0.1, 0.15) is 44.7 Å². The van der Waals surface area contributed by atoms with E-state index in [1.807, 2.05) is 12.1 Å². The van der Waals surface area contributed by atoms with Crippen LogP contribution in [0.4, 0.5) is 0 Å². The maximum atomic E-state index is 11.7. The molecule has 0 radical (unpaired) electrons. The number of benzene rings is 1. The summed E-state index contributed by atoms with van der Waals surface area (Å²) in [6, 6.07) is 6.10. The minimum atomic E-state index is -0.617. The fraction of sp³-hybridized carbons (Fsp3) is 0.562. The Morgan fingerprint density at radius 1 is 1.29 bits per heavy atom. The topological polar surface area (TPSA) is 61.5 Å². The molecular weight excluding hydrogens is 290 g/mol. The Balaban J connectivity index is 0.00000400. The first-order valence-electron chi connectivity index (χ1n) is 7.15. The van der Waals surface area contributed by atoms with Crippen LogP contribution in [0.25, 0.3) is 0 Å². The van der Waals surface area contributed by atoms with Crippen molar-refractivity contribution in [1.29, 1.82) is 0 Å². The van der Waals surface area contributed by atoms with Crippen molar-refractivity contribution in [2.45, 2.75) is 46.1 Å². The molecule has 21 heavy (non-hydrogen) atoms. The van der Waals surface area contributed by atoms with Gasteiger partial charge in [0.15, 0.2) is 6.10 Å². The molecule has 0 saturated carbocycles. The summed E-state index contributed by atoms with van der Waals surface area (Å²) in [6.07, 6.45) is 0.109. The SMILES string of the molecule is CCOC(=O)C(C)Oc1cc(C(C)C)ccc1CCN.Cl. The highest BCUT2D eigenvalue weighted by Crippen LogP contribution is 2.26. The number of nitrogens with two attached hydrogens (primary N) is 1. The number of carbonyl (C=O) groups excluding carboxylic acids is 1. The highest BCUT2D eigenvalue weighted by atomic mass is 35.5. The largest absolute Gasteiger partial charge is 0.479 e. The first kappa shape index (κ1) is 19.7. The Hall–Kier alpha value is -1.26. The molecule has 0 saturated heterocycles. The fourth-order valence-corrected chi connectivity index (χ4v) is 1.90. The van der Waals surface area contributed by atoms with Crippen LogP contribution in [-0.2, 0) is 16.0 Å². The Morgan fingerprint density at radius 2 is 1.95 bits per heavy atom. The molecule has 0 aromatic heterocycles. The number of esters is 1. The quantitative estimate of drug-likeness (QED) is 0.786. The lowest BCUT2D eigenvalue weighted by Crippen LogP contribution is -2.26. The molecule has 0 bridgehead atoms. The van der Waals surface area contributed by atoms with Gasteiger partial charge < -0.3 is 15.2 Å². The molecule has 2 N–H and O–H groups in total. The lowest BCUT2D eigenvalue weighted by atomic mass is 10.00. The van der Waals surface area contributed by atoms with Gasteiger partial charge in [0, 0.05) is 0 Å². The van der Waals surface area contributed by atoms with Crippen molar-refractivity contribution in [2.24, 2.45) is 5.73 Å². The van der Waals surface area contributed by atoms with Crippen LogP contribution >= 0.6 is 12.4 Å². The van der Waals surface area contributed by atoms with Gasteiger partial charge in [-0.3, -0.25) is 0 Å². The predicted octanol–water partition coefficient (Wildman–Crippen LogP) is 3.06. The second-order valence-electron chi connectivity index (χ2n) is 5.07. The van der Waals surface area contributed by atoms with Crippen molar-refractivity contribution in [3.05, 3.63) is 29.3 Å². The summed E-state index contributed by atoms with van der Waals surface area (Å²) in [4.78, 5) is 11.7. The summed E-state index contributed by atoms with van der Waals surface area (Å²) in [5.41, 5.74) is 7.82. The normalized spacial score (nSPS) is 11.7. The first-order valence-corrected chi connectivity index (χ1v) is 7.15. The van der Waals surface area contributed by atoms with Crippen LogP contribution < -0.4 is 10.5 Å². The zero-order valence-electron chi connectivity index (χ0n) is 13.2. The molecule has 0 fully saturated rings. The van der Waals surface area contributed by atoms with E-state index in [-0.39, 0.29) is 18.4 Å². The molecule has 0 aliphatic rings. The van der Waals surface area contributed by atoms with Crippen LogP contribution in [0.15, 0.2) is 18.2 Å². The molecular formula is C16H26ClNO3. The molecule has 1 aromatic carbocycles. The molecule has 1 aromatic rings. The molecule has 0 aliphatic heterocycles. The lowest BCUT2D eigenvalue weighted by molar-refractivity contribution is -0.150. The zero-order chi connectivity index (χ0) is 15.1. The second kappa shape index (κ2) is 9.64. The van der Waals surface area contributed by atoms with Gasteiger partial charge in [0.1, 0.15) is 5.75 Å². The second-order valence-corrected chi connectivity index (χ2v) is 5.07. The van der Waals surface area contributed by atoms with Crippen molar-refractivity contribution in [3.63, 3.8) is 0 Å². The van der Waals surface area contributed by atoms with Gasteiger partial charge in [0.05, 0.1) is 6.61 Å². The third-order valence-electron chi connectivity index (χ3n) is 3.09. The first-order chi connectivity index (χ1) is 9.49. The molecule has 1 atom stereocenters. The average molecular weight is 316 g/mol. The molecule has 4 nitrogen and oxygen atoms in total. The van der Waals surface area contributed by atoms with Gasteiger partial charge in [-0.15, -0.1) is 12.4 Å². The monoisotopic (exact) mass is 315 g/mol. The lowest BCUT2D eigenvalue weighted by Gasteiger charge is -2.18. The Morgan fingerprint density at radius 3 is 2.48 bits per heavy atom. The number of rotatable bonds is 7. The van der Waals surface area contributed by atoms with Crippen molar-refractivity contribution in [1.82, 2.24) is 0 Å². The third kappa shape index (κ3) is 5.94. The van der Waals surface area contributed by atoms with Crippen LogP contribution in [0.5, 0.6) is 5.75 Å². The van der Waals surface area contributed by atoms with Crippen molar-refractivity contribution >= 4 is 18.4 Å². The number of carbonyl (C=O) groups is 1. The summed E-state index contributed by atoms with van der Waals surface area (Å²) in [5, 5.41) is 0. The van der Waals surface area contributed by atoms with Gasteiger partial charge in [0.2, 0.25) is 0 Å². The maximum Gasteiger partial charge on any atom is 0.347 e. The van der Waals surface area contributed by atoms with Gasteiger partial charge in [0.25, 0.3) is 0 Å². The molecule has 0 aliphatic carbocycles. The van der Waals surface area contributed by atoms with E-state index in [0.717, 1.165) is 17.7 Å². The van der Waals surface area contributed by atoms with E-state index in [9.17, 15) is 4.79 Å². The van der Waals surface area contributed by atoms with Crippen molar-refractivity contribution in [2.75, 3.05) is 13.2 Å². The van der Waals surface area contributed by atoms with Gasteiger partial charge in [-0.25, -0.2) is 4.79 Å². The molecule has 5 heteroatoms. The minimum Gasteiger partial charge on any atom is -0.479 e. The van der Waals surface area contributed by atoms with E-state index in [4.69, 9.17) is 15.2 Å². The molecule has 0 heterocycles. The third-order valence-corrected chi connectivity index (χ3v) is 3.09. The Labute approximate surface area is 133 Å². The van der Waals surface area contributed by atoms with Crippen LogP contribution in [-0.4, -0.2) is 25.2 Å². The van der Waals surface area contributed by atoms with Crippen molar-refractivity contribution < 1.29 is 14.3 Å². The van der Waals surface area contributed by atoms with Gasteiger partial charge in [-0.1, -0.05) is 26.0 Å². The Kier molecular flexibility index (Phi) is 9.06. The summed E-state index contributed by atoms with van der Waals surface area (Å²) < 4.78 is 10.7. The average Bonchev–Trinajstić information content (AvgIpc) is 2.40. The number of halogens is 1. The summed E-state index contributed by atoms with van der Waals surface area (Å²) in [5.74, 6) is 0.783. The van der Waals surface area contributed by atoms with Crippen LogP contribution in [0.2, 0.25) is 0 Å². The maximum absolute atomic E-state index is 11.7. The van der Waals surface area contributed by atoms with E-state index < -0.39 is 6.10 Å². The fourth-order valence-electron chi connectivity index (χ4n) is 1.90. The molecule has 120 valence electrons. The van der Waals surface area contributed by atoms with Gasteiger partial charge in [-0.05, 0) is 49.9 Å². The number of hydrogen-bond donors (Lipinski definition) is 1. The molecule has 1 rings (SSSR count). The van der Waals surface area contributed by atoms with E-state index in [1.165, 1.54) is 5.56 Å². The smallest absolute Gasteiger partial charge is 0.347 e. The molecule has 1 unspecified atom stereocenters. The standard InChI is InChI=1S/C16H25NO3.ClH/c1-5-19-16(18)12(4)20-15-10-14(11(2)3)7-6-13(15)8-9-17;/h6-7,10-12H,5,8-9,17H2,1-4H3;1H. The van der Waals surface area contributed by atoms with Crippen LogP contribution in [0.3, 0.4) is 0 Å². The number of ether oxygens (including phenoxy) is 2. The van der Waals surface area contributed by atoms with Crippen molar-refractivity contribution in [3.8, 4) is 5.75 Å².